The average Bonchev–Trinajstić information content (AvgIpc) is 2.69. The molecule has 27 heavy (non-hydrogen) atoms. The minimum Gasteiger partial charge on any atom is -0.490 e. The van der Waals surface area contributed by atoms with E-state index in [1.54, 1.807) is 6.07 Å². The third kappa shape index (κ3) is 5.51. The number of carbonyl (C=O) groups is 1. The Kier molecular flexibility index (Phi) is 6.30. The quantitative estimate of drug-likeness (QED) is 0.602. The van der Waals surface area contributed by atoms with Crippen LogP contribution in [0, 0.1) is 0 Å². The Morgan fingerprint density at radius 3 is 2.15 bits per heavy atom. The van der Waals surface area contributed by atoms with Crippen molar-refractivity contribution in [1.29, 1.82) is 0 Å². The number of anilines is 3. The molecule has 0 bridgehead atoms. The standard InChI is InChI=1S/C22H22N2O3/c1-2-26-20-13-6-7-14-21(20)27-16-22(25)24-19-12-8-11-18(15-19)23-17-9-4-3-5-10-17/h3-15,23H,2,16H2,1H3,(H,24,25). The van der Waals surface area contributed by atoms with Crippen molar-refractivity contribution in [2.75, 3.05) is 23.8 Å². The van der Waals surface area contributed by atoms with E-state index in [4.69, 9.17) is 9.47 Å². The van der Waals surface area contributed by atoms with Crippen LogP contribution in [-0.2, 0) is 4.79 Å². The maximum atomic E-state index is 12.2. The van der Waals surface area contributed by atoms with Crippen LogP contribution in [0.1, 0.15) is 6.92 Å². The predicted molar refractivity (Wildman–Crippen MR) is 108 cm³/mol. The Bertz CT molecular complexity index is 881. The molecule has 5 nitrogen and oxygen atoms in total. The number of para-hydroxylation sites is 3. The van der Waals surface area contributed by atoms with Gasteiger partial charge in [-0.15, -0.1) is 0 Å². The molecule has 0 spiro atoms. The topological polar surface area (TPSA) is 59.6 Å². The second kappa shape index (κ2) is 9.29. The van der Waals surface area contributed by atoms with E-state index >= 15 is 0 Å². The molecule has 0 aliphatic carbocycles. The Morgan fingerprint density at radius 1 is 0.778 bits per heavy atom. The number of hydrogen-bond acceptors (Lipinski definition) is 4. The highest BCUT2D eigenvalue weighted by Gasteiger charge is 2.08. The fourth-order valence-corrected chi connectivity index (χ4v) is 2.55. The van der Waals surface area contributed by atoms with Crippen molar-refractivity contribution in [3.8, 4) is 11.5 Å². The maximum absolute atomic E-state index is 12.2. The van der Waals surface area contributed by atoms with Gasteiger partial charge in [0.1, 0.15) is 0 Å². The summed E-state index contributed by atoms with van der Waals surface area (Å²) in [7, 11) is 0. The lowest BCUT2D eigenvalue weighted by Gasteiger charge is -2.12. The zero-order chi connectivity index (χ0) is 18.9. The van der Waals surface area contributed by atoms with Crippen LogP contribution in [0.25, 0.3) is 0 Å². The lowest BCUT2D eigenvalue weighted by molar-refractivity contribution is -0.118. The van der Waals surface area contributed by atoms with Gasteiger partial charge in [0.25, 0.3) is 5.91 Å². The molecule has 0 aliphatic heterocycles. The van der Waals surface area contributed by atoms with E-state index in [2.05, 4.69) is 10.6 Å². The first kappa shape index (κ1) is 18.3. The molecule has 0 unspecified atom stereocenters. The van der Waals surface area contributed by atoms with Gasteiger partial charge in [0.05, 0.1) is 6.61 Å². The molecule has 5 heteroatoms. The molecule has 3 aromatic rings. The van der Waals surface area contributed by atoms with Crippen molar-refractivity contribution in [3.05, 3.63) is 78.9 Å². The van der Waals surface area contributed by atoms with Crippen LogP contribution in [-0.4, -0.2) is 19.1 Å². The number of amides is 1. The predicted octanol–water partition coefficient (Wildman–Crippen LogP) is 4.85. The third-order valence-corrected chi connectivity index (χ3v) is 3.72. The molecule has 0 radical (unpaired) electrons. The number of benzene rings is 3. The maximum Gasteiger partial charge on any atom is 0.262 e. The van der Waals surface area contributed by atoms with E-state index in [0.29, 0.717) is 23.8 Å². The van der Waals surface area contributed by atoms with Crippen LogP contribution in [0.15, 0.2) is 78.9 Å². The van der Waals surface area contributed by atoms with E-state index in [9.17, 15) is 4.79 Å². The fraction of sp³-hybridized carbons (Fsp3) is 0.136. The van der Waals surface area contributed by atoms with Gasteiger partial charge in [-0.2, -0.15) is 0 Å². The molecule has 0 aromatic heterocycles. The van der Waals surface area contributed by atoms with Gasteiger partial charge >= 0.3 is 0 Å². The summed E-state index contributed by atoms with van der Waals surface area (Å²) in [6.07, 6.45) is 0. The molecule has 0 saturated carbocycles. The first-order valence-electron chi connectivity index (χ1n) is 8.81. The molecule has 0 aliphatic rings. The van der Waals surface area contributed by atoms with Crippen molar-refractivity contribution in [2.45, 2.75) is 6.92 Å². The Labute approximate surface area is 158 Å². The molecule has 0 atom stereocenters. The summed E-state index contributed by atoms with van der Waals surface area (Å²) in [5.41, 5.74) is 2.57. The highest BCUT2D eigenvalue weighted by molar-refractivity contribution is 5.92. The number of nitrogens with one attached hydrogen (secondary N) is 2. The van der Waals surface area contributed by atoms with Gasteiger partial charge in [-0.25, -0.2) is 0 Å². The van der Waals surface area contributed by atoms with Crippen LogP contribution in [0.2, 0.25) is 0 Å². The molecule has 3 rings (SSSR count). The Hall–Kier alpha value is -3.47. The van der Waals surface area contributed by atoms with Gasteiger partial charge in [-0.05, 0) is 49.4 Å². The largest absolute Gasteiger partial charge is 0.490 e. The molecular weight excluding hydrogens is 340 g/mol. The van der Waals surface area contributed by atoms with Crippen molar-refractivity contribution in [3.63, 3.8) is 0 Å². The highest BCUT2D eigenvalue weighted by Crippen LogP contribution is 2.26. The summed E-state index contributed by atoms with van der Waals surface area (Å²) < 4.78 is 11.1. The van der Waals surface area contributed by atoms with Crippen LogP contribution in [0.5, 0.6) is 11.5 Å². The zero-order valence-electron chi connectivity index (χ0n) is 15.1. The van der Waals surface area contributed by atoms with Gasteiger partial charge in [-0.3, -0.25) is 4.79 Å². The minimum absolute atomic E-state index is 0.0968. The molecule has 2 N–H and O–H groups in total. The van der Waals surface area contributed by atoms with Gasteiger partial charge < -0.3 is 20.1 Å². The van der Waals surface area contributed by atoms with Crippen molar-refractivity contribution < 1.29 is 14.3 Å². The van der Waals surface area contributed by atoms with Gasteiger partial charge in [0.15, 0.2) is 18.1 Å². The number of ether oxygens (including phenoxy) is 2. The minimum atomic E-state index is -0.238. The van der Waals surface area contributed by atoms with E-state index in [-0.39, 0.29) is 12.5 Å². The van der Waals surface area contributed by atoms with E-state index in [1.165, 1.54) is 0 Å². The van der Waals surface area contributed by atoms with Crippen LogP contribution < -0.4 is 20.1 Å². The van der Waals surface area contributed by atoms with Gasteiger partial charge in [-0.1, -0.05) is 36.4 Å². The zero-order valence-corrected chi connectivity index (χ0v) is 15.1. The first-order chi connectivity index (χ1) is 13.2. The molecule has 1 amide bonds. The Morgan fingerprint density at radius 2 is 1.41 bits per heavy atom. The summed E-state index contributed by atoms with van der Waals surface area (Å²) >= 11 is 0. The summed E-state index contributed by atoms with van der Waals surface area (Å²) in [6.45, 7) is 2.34. The van der Waals surface area contributed by atoms with Crippen molar-refractivity contribution >= 4 is 23.0 Å². The number of hydrogen-bond donors (Lipinski definition) is 2. The van der Waals surface area contributed by atoms with Crippen LogP contribution in [0.4, 0.5) is 17.1 Å². The third-order valence-electron chi connectivity index (χ3n) is 3.72. The van der Waals surface area contributed by atoms with Crippen LogP contribution >= 0.6 is 0 Å². The number of rotatable bonds is 8. The smallest absolute Gasteiger partial charge is 0.262 e. The van der Waals surface area contributed by atoms with E-state index in [0.717, 1.165) is 11.4 Å². The highest BCUT2D eigenvalue weighted by atomic mass is 16.5. The average molecular weight is 362 g/mol. The molecule has 3 aromatic carbocycles. The lowest BCUT2D eigenvalue weighted by atomic mass is 10.2. The molecule has 0 saturated heterocycles. The monoisotopic (exact) mass is 362 g/mol. The second-order valence-electron chi connectivity index (χ2n) is 5.79. The SMILES string of the molecule is CCOc1ccccc1OCC(=O)Nc1cccc(Nc2ccccc2)c1. The summed E-state index contributed by atoms with van der Waals surface area (Å²) in [4.78, 5) is 12.2. The fourth-order valence-electron chi connectivity index (χ4n) is 2.55. The summed E-state index contributed by atoms with van der Waals surface area (Å²) in [6, 6.07) is 24.7. The molecular formula is C22H22N2O3. The lowest BCUT2D eigenvalue weighted by Crippen LogP contribution is -2.20. The summed E-state index contributed by atoms with van der Waals surface area (Å²) in [5.74, 6) is 0.939. The van der Waals surface area contributed by atoms with Crippen LogP contribution in [0.3, 0.4) is 0 Å². The van der Waals surface area contributed by atoms with Gasteiger partial charge in [0.2, 0.25) is 0 Å². The summed E-state index contributed by atoms with van der Waals surface area (Å²) in [5, 5.41) is 6.14. The molecule has 138 valence electrons. The van der Waals surface area contributed by atoms with Crippen molar-refractivity contribution in [2.24, 2.45) is 0 Å². The van der Waals surface area contributed by atoms with Gasteiger partial charge in [0, 0.05) is 17.1 Å². The molecule has 0 heterocycles. The number of carbonyl (C=O) groups excluding carboxylic acids is 1. The first-order valence-corrected chi connectivity index (χ1v) is 8.81. The van der Waals surface area contributed by atoms with E-state index < -0.39 is 0 Å². The van der Waals surface area contributed by atoms with Crippen molar-refractivity contribution in [1.82, 2.24) is 0 Å². The molecule has 0 fully saturated rings. The normalized spacial score (nSPS) is 10.1. The Balaban J connectivity index is 1.57. The second-order valence-corrected chi connectivity index (χ2v) is 5.79. The van der Waals surface area contributed by atoms with E-state index in [1.807, 2.05) is 79.7 Å².